The fourth-order valence-electron chi connectivity index (χ4n) is 3.04. The number of carbonyl (C=O) groups excluding carboxylic acids is 1. The second-order valence-corrected chi connectivity index (χ2v) is 8.73. The number of amides is 1. The average molecular weight is 362 g/mol. The van der Waals surface area contributed by atoms with E-state index in [9.17, 15) is 13.2 Å². The first kappa shape index (κ1) is 17.6. The van der Waals surface area contributed by atoms with Crippen LogP contribution >= 0.6 is 0 Å². The van der Waals surface area contributed by atoms with Crippen molar-refractivity contribution >= 4 is 21.6 Å². The van der Waals surface area contributed by atoms with Crippen molar-refractivity contribution in [3.05, 3.63) is 40.7 Å². The molecule has 134 valence electrons. The van der Waals surface area contributed by atoms with Crippen LogP contribution in [0.3, 0.4) is 0 Å². The van der Waals surface area contributed by atoms with Crippen LogP contribution in [0.15, 0.2) is 23.1 Å². The average Bonchev–Trinajstić information content (AvgIpc) is 2.95. The zero-order chi connectivity index (χ0) is 18.6. The number of benzene rings is 1. The van der Waals surface area contributed by atoms with E-state index >= 15 is 0 Å². The van der Waals surface area contributed by atoms with Crippen LogP contribution in [0, 0.1) is 13.8 Å². The Kier molecular flexibility index (Phi) is 4.00. The molecule has 0 bridgehead atoms. The SMILES string of the molecule is Cc1cc(CNS(=O)(=O)c2cc(C)c3c(c2)C(C)(C)C(=O)N3)n(C)n1. The van der Waals surface area contributed by atoms with Crippen molar-refractivity contribution in [3.8, 4) is 0 Å². The number of aryl methyl sites for hydroxylation is 3. The highest BCUT2D eigenvalue weighted by Gasteiger charge is 2.40. The monoisotopic (exact) mass is 362 g/mol. The normalized spacial score (nSPS) is 16.0. The second kappa shape index (κ2) is 5.67. The van der Waals surface area contributed by atoms with Crippen LogP contribution in [0.4, 0.5) is 5.69 Å². The third-order valence-corrected chi connectivity index (χ3v) is 6.02. The molecule has 2 heterocycles. The van der Waals surface area contributed by atoms with E-state index in [0.717, 1.165) is 17.0 Å². The van der Waals surface area contributed by atoms with Crippen molar-refractivity contribution in [2.75, 3.05) is 5.32 Å². The highest BCUT2D eigenvalue weighted by molar-refractivity contribution is 7.89. The van der Waals surface area contributed by atoms with E-state index in [4.69, 9.17) is 0 Å². The summed E-state index contributed by atoms with van der Waals surface area (Å²) >= 11 is 0. The molecule has 7 nitrogen and oxygen atoms in total. The molecule has 1 amide bonds. The molecule has 0 spiro atoms. The van der Waals surface area contributed by atoms with Gasteiger partial charge in [-0.25, -0.2) is 13.1 Å². The summed E-state index contributed by atoms with van der Waals surface area (Å²) in [5, 5.41) is 7.05. The highest BCUT2D eigenvalue weighted by atomic mass is 32.2. The van der Waals surface area contributed by atoms with Gasteiger partial charge >= 0.3 is 0 Å². The molecule has 0 radical (unpaired) electrons. The maximum Gasteiger partial charge on any atom is 0.240 e. The minimum absolute atomic E-state index is 0.126. The number of nitrogens with zero attached hydrogens (tertiary/aromatic N) is 2. The predicted octanol–water partition coefficient (Wildman–Crippen LogP) is 1.75. The molecule has 0 atom stereocenters. The first-order valence-electron chi connectivity index (χ1n) is 7.98. The number of hydrogen-bond acceptors (Lipinski definition) is 4. The van der Waals surface area contributed by atoms with Gasteiger partial charge in [0.05, 0.1) is 28.2 Å². The number of carbonyl (C=O) groups is 1. The summed E-state index contributed by atoms with van der Waals surface area (Å²) in [4.78, 5) is 12.3. The molecule has 0 saturated carbocycles. The van der Waals surface area contributed by atoms with Gasteiger partial charge < -0.3 is 5.32 Å². The van der Waals surface area contributed by atoms with Gasteiger partial charge in [-0.2, -0.15) is 5.10 Å². The van der Waals surface area contributed by atoms with Crippen molar-refractivity contribution in [2.24, 2.45) is 7.05 Å². The number of hydrogen-bond donors (Lipinski definition) is 2. The van der Waals surface area contributed by atoms with Crippen molar-refractivity contribution in [1.29, 1.82) is 0 Å². The predicted molar refractivity (Wildman–Crippen MR) is 94.8 cm³/mol. The molecule has 2 N–H and O–H groups in total. The van der Waals surface area contributed by atoms with Crippen LogP contribution in [-0.2, 0) is 33.8 Å². The lowest BCUT2D eigenvalue weighted by Gasteiger charge is -2.17. The first-order valence-corrected chi connectivity index (χ1v) is 9.46. The second-order valence-electron chi connectivity index (χ2n) is 6.97. The molecule has 3 rings (SSSR count). The molecular formula is C17H22N4O3S. The van der Waals surface area contributed by atoms with Gasteiger partial charge in [-0.05, 0) is 57.0 Å². The Labute approximate surface area is 147 Å². The quantitative estimate of drug-likeness (QED) is 0.866. The number of rotatable bonds is 4. The molecule has 25 heavy (non-hydrogen) atoms. The summed E-state index contributed by atoms with van der Waals surface area (Å²) in [7, 11) is -1.93. The standard InChI is InChI=1S/C17H22N4O3S/c1-10-6-13(8-14-15(10)19-16(22)17(14,3)4)25(23,24)18-9-12-7-11(2)20-21(12)5/h6-8,18H,9H2,1-5H3,(H,19,22). The van der Waals surface area contributed by atoms with Crippen molar-refractivity contribution in [2.45, 2.75) is 44.6 Å². The van der Waals surface area contributed by atoms with Crippen molar-refractivity contribution in [3.63, 3.8) is 0 Å². The lowest BCUT2D eigenvalue weighted by molar-refractivity contribution is -0.119. The first-order chi connectivity index (χ1) is 11.5. The van der Waals surface area contributed by atoms with E-state index < -0.39 is 15.4 Å². The Morgan fingerprint density at radius 2 is 1.92 bits per heavy atom. The lowest BCUT2D eigenvalue weighted by Crippen LogP contribution is -2.27. The van der Waals surface area contributed by atoms with Crippen molar-refractivity contribution in [1.82, 2.24) is 14.5 Å². The fraction of sp³-hybridized carbons (Fsp3) is 0.412. The van der Waals surface area contributed by atoms with Gasteiger partial charge in [0.2, 0.25) is 15.9 Å². The van der Waals surface area contributed by atoms with E-state index in [1.807, 2.05) is 13.0 Å². The Balaban J connectivity index is 1.94. The molecule has 0 fully saturated rings. The Bertz CT molecular complexity index is 974. The van der Waals surface area contributed by atoms with Gasteiger partial charge in [-0.1, -0.05) is 0 Å². The maximum atomic E-state index is 12.7. The Morgan fingerprint density at radius 1 is 1.24 bits per heavy atom. The van der Waals surface area contributed by atoms with E-state index in [0.29, 0.717) is 11.3 Å². The van der Waals surface area contributed by atoms with E-state index in [1.165, 1.54) is 0 Å². The Hall–Kier alpha value is -2.19. The van der Waals surface area contributed by atoms with Crippen LogP contribution in [0.1, 0.15) is 36.4 Å². The van der Waals surface area contributed by atoms with Crippen LogP contribution in [0.2, 0.25) is 0 Å². The van der Waals surface area contributed by atoms with Crippen molar-refractivity contribution < 1.29 is 13.2 Å². The molecule has 1 aromatic heterocycles. The van der Waals surface area contributed by atoms with E-state index in [2.05, 4.69) is 15.1 Å². The van der Waals surface area contributed by atoms with Gasteiger partial charge in [0.25, 0.3) is 0 Å². The molecule has 1 aliphatic rings. The number of nitrogens with one attached hydrogen (secondary N) is 2. The topological polar surface area (TPSA) is 93.1 Å². The maximum absolute atomic E-state index is 12.7. The summed E-state index contributed by atoms with van der Waals surface area (Å²) in [6, 6.07) is 5.00. The molecule has 8 heteroatoms. The molecule has 2 aromatic rings. The minimum atomic E-state index is -3.71. The Morgan fingerprint density at radius 3 is 2.52 bits per heavy atom. The lowest BCUT2D eigenvalue weighted by atomic mass is 9.85. The van der Waals surface area contributed by atoms with Gasteiger partial charge in [0.15, 0.2) is 0 Å². The number of anilines is 1. The van der Waals surface area contributed by atoms with Gasteiger partial charge in [0, 0.05) is 12.7 Å². The smallest absolute Gasteiger partial charge is 0.240 e. The molecular weight excluding hydrogens is 340 g/mol. The van der Waals surface area contributed by atoms with Gasteiger partial charge in [0.1, 0.15) is 0 Å². The fourth-order valence-corrected chi connectivity index (χ4v) is 4.15. The molecule has 1 aliphatic heterocycles. The summed E-state index contributed by atoms with van der Waals surface area (Å²) in [6.07, 6.45) is 0. The van der Waals surface area contributed by atoms with Gasteiger partial charge in [-0.15, -0.1) is 0 Å². The third kappa shape index (κ3) is 2.96. The molecule has 0 saturated heterocycles. The number of sulfonamides is 1. The number of fused-ring (bicyclic) bond motifs is 1. The van der Waals surface area contributed by atoms with Crippen LogP contribution in [-0.4, -0.2) is 24.1 Å². The number of aromatic nitrogens is 2. The summed E-state index contributed by atoms with van der Waals surface area (Å²) < 4.78 is 29.7. The van der Waals surface area contributed by atoms with E-state index in [1.54, 1.807) is 44.6 Å². The minimum Gasteiger partial charge on any atom is -0.325 e. The summed E-state index contributed by atoms with van der Waals surface area (Å²) in [6.45, 7) is 7.38. The summed E-state index contributed by atoms with van der Waals surface area (Å²) in [5.41, 5.74) is 2.98. The van der Waals surface area contributed by atoms with E-state index in [-0.39, 0.29) is 17.3 Å². The highest BCUT2D eigenvalue weighted by Crippen LogP contribution is 2.40. The van der Waals surface area contributed by atoms with Crippen LogP contribution in [0.5, 0.6) is 0 Å². The molecule has 0 unspecified atom stereocenters. The zero-order valence-electron chi connectivity index (χ0n) is 15.0. The molecule has 0 aliphatic carbocycles. The van der Waals surface area contributed by atoms with Gasteiger partial charge in [-0.3, -0.25) is 9.48 Å². The molecule has 1 aromatic carbocycles. The van der Waals surface area contributed by atoms with Crippen LogP contribution < -0.4 is 10.0 Å². The third-order valence-electron chi connectivity index (χ3n) is 4.64. The van der Waals surface area contributed by atoms with Crippen LogP contribution in [0.25, 0.3) is 0 Å². The zero-order valence-corrected chi connectivity index (χ0v) is 15.8. The largest absolute Gasteiger partial charge is 0.325 e. The summed E-state index contributed by atoms with van der Waals surface area (Å²) in [5.74, 6) is -0.126.